The molecule has 1 atom stereocenters. The van der Waals surface area contributed by atoms with Gasteiger partial charge in [-0.1, -0.05) is 32.1 Å². The van der Waals surface area contributed by atoms with E-state index in [9.17, 15) is 9.59 Å². The smallest absolute Gasteiger partial charge is 0.255 e. The van der Waals surface area contributed by atoms with E-state index in [-0.39, 0.29) is 18.5 Å². The third-order valence-corrected chi connectivity index (χ3v) is 5.91. The number of aldehydes is 1. The van der Waals surface area contributed by atoms with Crippen LogP contribution in [0.3, 0.4) is 0 Å². The second-order valence-corrected chi connectivity index (χ2v) is 10.0. The zero-order valence-electron chi connectivity index (χ0n) is 26.3. The second-order valence-electron chi connectivity index (χ2n) is 10.0. The van der Waals surface area contributed by atoms with Crippen LogP contribution in [0.15, 0.2) is 79.1 Å². The zero-order valence-corrected chi connectivity index (χ0v) is 26.3. The van der Waals surface area contributed by atoms with E-state index in [1.807, 2.05) is 63.6 Å². The molecule has 0 aliphatic carbocycles. The van der Waals surface area contributed by atoms with Crippen LogP contribution in [-0.4, -0.2) is 65.1 Å². The number of nitrogens with one attached hydrogen (secondary N) is 4. The molecule has 1 unspecified atom stereocenters. The minimum atomic E-state index is -0.244. The Hall–Kier alpha value is -4.28. The number of rotatable bonds is 10. The first-order valence-corrected chi connectivity index (χ1v) is 14.5. The average molecular weight is 592 g/mol. The number of aliphatic hydroxyl groups is 1. The average Bonchev–Trinajstić information content (AvgIpc) is 3.39. The van der Waals surface area contributed by atoms with Gasteiger partial charge in [-0.25, -0.2) is 4.98 Å². The largest absolute Gasteiger partial charge is 0.396 e. The fraction of sp³-hybridized carbons (Fsp3) is 0.394. The summed E-state index contributed by atoms with van der Waals surface area (Å²) in [5, 5.41) is 17.2. The predicted molar refractivity (Wildman–Crippen MR) is 176 cm³/mol. The van der Waals surface area contributed by atoms with Crippen LogP contribution in [0.5, 0.6) is 0 Å². The first-order chi connectivity index (χ1) is 20.8. The highest BCUT2D eigenvalue weighted by Crippen LogP contribution is 2.13. The van der Waals surface area contributed by atoms with Gasteiger partial charge in [0.1, 0.15) is 17.6 Å². The van der Waals surface area contributed by atoms with Crippen LogP contribution in [0.1, 0.15) is 48.4 Å². The van der Waals surface area contributed by atoms with Crippen molar-refractivity contribution < 1.29 is 14.7 Å². The number of benzene rings is 1. The van der Waals surface area contributed by atoms with Crippen LogP contribution >= 0.6 is 0 Å². The molecular formula is C33H49N7O3. The maximum Gasteiger partial charge on any atom is 0.255 e. The van der Waals surface area contributed by atoms with Gasteiger partial charge in [0, 0.05) is 19.3 Å². The summed E-state index contributed by atoms with van der Waals surface area (Å²) >= 11 is 0. The van der Waals surface area contributed by atoms with E-state index in [4.69, 9.17) is 5.11 Å². The van der Waals surface area contributed by atoms with Crippen LogP contribution in [-0.2, 0) is 17.9 Å². The fourth-order valence-corrected chi connectivity index (χ4v) is 3.98. The molecule has 0 spiro atoms. The Morgan fingerprint density at radius 3 is 2.58 bits per heavy atom. The SMILES string of the molecule is C=C.CC(C)CCCO.CNC.Cc1nc2ccc(CNC(=O)c3cccn(CC=O)c3=NCC3C=CC=CN3)cc2[nH]1. The maximum absolute atomic E-state index is 13.0. The molecule has 1 aliphatic heterocycles. The van der Waals surface area contributed by atoms with Gasteiger partial charge in [0.2, 0.25) is 0 Å². The Morgan fingerprint density at radius 2 is 1.98 bits per heavy atom. The molecule has 0 bridgehead atoms. The Labute approximate surface area is 255 Å². The van der Waals surface area contributed by atoms with E-state index in [0.29, 0.717) is 30.7 Å². The summed E-state index contributed by atoms with van der Waals surface area (Å²) in [6, 6.07) is 9.36. The highest BCUT2D eigenvalue weighted by molar-refractivity contribution is 5.93. The lowest BCUT2D eigenvalue weighted by atomic mass is 10.1. The highest BCUT2D eigenvalue weighted by atomic mass is 16.3. The lowest BCUT2D eigenvalue weighted by molar-refractivity contribution is -0.108. The van der Waals surface area contributed by atoms with E-state index in [1.54, 1.807) is 22.9 Å². The quantitative estimate of drug-likeness (QED) is 0.180. The normalized spacial score (nSPS) is 13.6. The number of aliphatic hydroxyl groups excluding tert-OH is 1. The third-order valence-electron chi connectivity index (χ3n) is 5.91. The molecule has 43 heavy (non-hydrogen) atoms. The van der Waals surface area contributed by atoms with E-state index in [0.717, 1.165) is 47.5 Å². The lowest BCUT2D eigenvalue weighted by Crippen LogP contribution is -2.35. The summed E-state index contributed by atoms with van der Waals surface area (Å²) in [7, 11) is 3.75. The molecule has 1 aliphatic rings. The van der Waals surface area contributed by atoms with Crippen molar-refractivity contribution in [1.29, 1.82) is 0 Å². The number of aryl methyl sites for hydroxylation is 1. The van der Waals surface area contributed by atoms with Crippen LogP contribution in [0, 0.1) is 12.8 Å². The van der Waals surface area contributed by atoms with Crippen molar-refractivity contribution in [1.82, 2.24) is 30.5 Å². The number of carbonyl (C=O) groups is 2. The third kappa shape index (κ3) is 13.5. The van der Waals surface area contributed by atoms with Crippen LogP contribution in [0.2, 0.25) is 0 Å². The Kier molecular flexibility index (Phi) is 18.3. The van der Waals surface area contributed by atoms with E-state index >= 15 is 0 Å². The number of fused-ring (bicyclic) bond motifs is 1. The summed E-state index contributed by atoms with van der Waals surface area (Å²) in [6.07, 6.45) is 12.4. The van der Waals surface area contributed by atoms with Gasteiger partial charge in [-0.15, -0.1) is 13.2 Å². The fourth-order valence-electron chi connectivity index (χ4n) is 3.98. The van der Waals surface area contributed by atoms with Gasteiger partial charge < -0.3 is 35.4 Å². The minimum Gasteiger partial charge on any atom is -0.396 e. The van der Waals surface area contributed by atoms with E-state index < -0.39 is 0 Å². The first kappa shape index (κ1) is 36.7. The number of pyridine rings is 1. The van der Waals surface area contributed by atoms with Crippen molar-refractivity contribution >= 4 is 23.2 Å². The molecular weight excluding hydrogens is 542 g/mol. The van der Waals surface area contributed by atoms with E-state index in [1.165, 1.54) is 0 Å². The minimum absolute atomic E-state index is 0.0374. The summed E-state index contributed by atoms with van der Waals surface area (Å²) < 4.78 is 1.68. The van der Waals surface area contributed by atoms with Crippen LogP contribution < -0.4 is 21.4 Å². The number of H-pyrrole nitrogens is 1. The molecule has 234 valence electrons. The van der Waals surface area contributed by atoms with Gasteiger partial charge in [-0.3, -0.25) is 9.79 Å². The summed E-state index contributed by atoms with van der Waals surface area (Å²) in [5.74, 6) is 1.35. The number of aromatic nitrogens is 3. The molecule has 0 saturated carbocycles. The van der Waals surface area contributed by atoms with Gasteiger partial charge >= 0.3 is 0 Å². The monoisotopic (exact) mass is 591 g/mol. The summed E-state index contributed by atoms with van der Waals surface area (Å²) in [4.78, 5) is 36.4. The summed E-state index contributed by atoms with van der Waals surface area (Å²) in [5.41, 5.74) is 3.70. The first-order valence-electron chi connectivity index (χ1n) is 14.5. The molecule has 0 saturated heterocycles. The second kappa shape index (κ2) is 21.4. The number of carbonyl (C=O) groups excluding carboxylic acids is 2. The molecule has 3 aromatic rings. The number of imidazole rings is 1. The van der Waals surface area contributed by atoms with Crippen molar-refractivity contribution in [3.8, 4) is 0 Å². The number of hydrogen-bond acceptors (Lipinski definition) is 7. The van der Waals surface area contributed by atoms with Gasteiger partial charge in [0.15, 0.2) is 0 Å². The van der Waals surface area contributed by atoms with Crippen LogP contribution in [0.25, 0.3) is 11.0 Å². The van der Waals surface area contributed by atoms with Crippen molar-refractivity contribution in [2.45, 2.75) is 52.7 Å². The lowest BCUT2D eigenvalue weighted by Gasteiger charge is -2.14. The Morgan fingerprint density at radius 1 is 1.23 bits per heavy atom. The van der Waals surface area contributed by atoms with Crippen molar-refractivity contribution in [2.75, 3.05) is 27.2 Å². The molecule has 5 N–H and O–H groups in total. The molecule has 0 radical (unpaired) electrons. The highest BCUT2D eigenvalue weighted by Gasteiger charge is 2.12. The van der Waals surface area contributed by atoms with Gasteiger partial charge in [0.25, 0.3) is 5.91 Å². The number of dihydropyridines is 1. The van der Waals surface area contributed by atoms with Crippen LogP contribution in [0.4, 0.5) is 0 Å². The summed E-state index contributed by atoms with van der Waals surface area (Å²) in [6.45, 7) is 13.5. The predicted octanol–water partition coefficient (Wildman–Crippen LogP) is 3.80. The maximum atomic E-state index is 13.0. The molecule has 10 nitrogen and oxygen atoms in total. The molecule has 1 aromatic carbocycles. The standard InChI is InChI=1S/C23H24N6O2.C6H14O.C2H7N.C2H4/c1-16-27-20-8-7-17(13-21(20)28-16)14-26-23(31)19-6-4-10-29(11-12-30)22(19)25-15-18-5-2-3-9-24-18;1-6(2)4-3-5-7;1-3-2;1-2/h2-10,12-13,18,24H,11,14-15H2,1H3,(H,26,31)(H,27,28);6-7H,3-5H2,1-2H3;3H,1-2H3;1-2H2. The van der Waals surface area contributed by atoms with Crippen molar-refractivity contribution in [3.63, 3.8) is 0 Å². The Bertz CT molecular complexity index is 1370. The molecule has 1 amide bonds. The van der Waals surface area contributed by atoms with Crippen molar-refractivity contribution in [2.24, 2.45) is 10.9 Å². The molecule has 10 heteroatoms. The Balaban J connectivity index is 0.000000661. The number of amides is 1. The number of aromatic amines is 1. The molecule has 3 heterocycles. The topological polar surface area (TPSA) is 136 Å². The van der Waals surface area contributed by atoms with Crippen molar-refractivity contribution in [3.05, 3.63) is 96.6 Å². The zero-order chi connectivity index (χ0) is 32.0. The molecule has 2 aromatic heterocycles. The number of allylic oxidation sites excluding steroid dienone is 2. The van der Waals surface area contributed by atoms with Gasteiger partial charge in [0.05, 0.1) is 35.7 Å². The molecule has 4 rings (SSSR count). The van der Waals surface area contributed by atoms with Gasteiger partial charge in [-0.2, -0.15) is 0 Å². The number of hydrogen-bond donors (Lipinski definition) is 5. The number of nitrogens with zero attached hydrogens (tertiary/aromatic N) is 3. The molecule has 0 fully saturated rings. The van der Waals surface area contributed by atoms with Gasteiger partial charge in [-0.05, 0) is 81.9 Å². The van der Waals surface area contributed by atoms with E-state index in [2.05, 4.69) is 57.9 Å².